The summed E-state index contributed by atoms with van der Waals surface area (Å²) in [4.78, 5) is 15.6. The Balaban J connectivity index is 1.85. The minimum absolute atomic E-state index is 0.197. The van der Waals surface area contributed by atoms with E-state index in [0.29, 0.717) is 34.9 Å². The first-order valence-corrected chi connectivity index (χ1v) is 9.97. The van der Waals surface area contributed by atoms with Crippen molar-refractivity contribution >= 4 is 11.4 Å². The minimum Gasteiger partial charge on any atom is -0.493 e. The molecule has 4 rings (SSSR count). The van der Waals surface area contributed by atoms with Crippen LogP contribution in [0.4, 0.5) is 10.1 Å². The summed E-state index contributed by atoms with van der Waals surface area (Å²) in [5, 5.41) is 6.36. The quantitative estimate of drug-likeness (QED) is 0.659. The topological polar surface area (TPSA) is 66.9 Å². The van der Waals surface area contributed by atoms with Crippen LogP contribution in [0.3, 0.4) is 0 Å². The van der Waals surface area contributed by atoms with Crippen LogP contribution in [0.15, 0.2) is 58.4 Å². The number of hydrazone groups is 1. The van der Waals surface area contributed by atoms with Gasteiger partial charge in [-0.15, -0.1) is 0 Å². The summed E-state index contributed by atoms with van der Waals surface area (Å²) in [7, 11) is 3.15. The standard InChI is InChI=1S/C24H24FN3O3/c1-14-11-15(2)26-24(29)23(14)18-13-20(16-9-10-21(30-3)22(12-16)31-4)28(27-18)19-8-6-5-7-17(19)25/h5-12,20H,13H2,1-4H3,(H,26,29). The summed E-state index contributed by atoms with van der Waals surface area (Å²) in [6.07, 6.45) is 0.441. The molecule has 1 atom stereocenters. The zero-order valence-corrected chi connectivity index (χ0v) is 17.9. The maximum atomic E-state index is 14.7. The largest absolute Gasteiger partial charge is 0.493 e. The predicted octanol–water partition coefficient (Wildman–Crippen LogP) is 4.50. The fraction of sp³-hybridized carbons (Fsp3) is 0.250. The van der Waals surface area contributed by atoms with Gasteiger partial charge in [-0.05, 0) is 55.3 Å². The molecule has 1 aliphatic rings. The molecule has 160 valence electrons. The van der Waals surface area contributed by atoms with Crippen LogP contribution in [0.5, 0.6) is 11.5 Å². The van der Waals surface area contributed by atoms with Gasteiger partial charge in [0.05, 0.1) is 37.2 Å². The van der Waals surface area contributed by atoms with E-state index in [-0.39, 0.29) is 17.4 Å². The van der Waals surface area contributed by atoms with Crippen molar-refractivity contribution < 1.29 is 13.9 Å². The van der Waals surface area contributed by atoms with Gasteiger partial charge in [0.1, 0.15) is 5.82 Å². The number of H-pyrrole nitrogens is 1. The molecule has 0 amide bonds. The maximum absolute atomic E-state index is 14.7. The molecule has 0 spiro atoms. The minimum atomic E-state index is -0.382. The van der Waals surface area contributed by atoms with E-state index in [9.17, 15) is 9.18 Å². The molecule has 0 aliphatic carbocycles. The van der Waals surface area contributed by atoms with Gasteiger partial charge >= 0.3 is 0 Å². The number of benzene rings is 2. The zero-order valence-electron chi connectivity index (χ0n) is 17.9. The molecule has 2 aromatic carbocycles. The van der Waals surface area contributed by atoms with Crippen LogP contribution in [0, 0.1) is 19.7 Å². The molecule has 0 fully saturated rings. The number of rotatable bonds is 5. The van der Waals surface area contributed by atoms with Gasteiger partial charge in [-0.2, -0.15) is 5.10 Å². The Hall–Kier alpha value is -3.61. The number of nitrogens with one attached hydrogen (secondary N) is 1. The third-order valence-electron chi connectivity index (χ3n) is 5.46. The van der Waals surface area contributed by atoms with Crippen molar-refractivity contribution in [3.8, 4) is 11.5 Å². The van der Waals surface area contributed by atoms with Gasteiger partial charge in [0.15, 0.2) is 11.5 Å². The lowest BCUT2D eigenvalue weighted by molar-refractivity contribution is 0.354. The van der Waals surface area contributed by atoms with Crippen LogP contribution >= 0.6 is 0 Å². The molecule has 0 saturated carbocycles. The first kappa shape index (κ1) is 20.7. The summed E-state index contributed by atoms with van der Waals surface area (Å²) < 4.78 is 25.5. The van der Waals surface area contributed by atoms with E-state index in [1.807, 2.05) is 38.1 Å². The molecule has 1 N–H and O–H groups in total. The van der Waals surface area contributed by atoms with Gasteiger partial charge in [0, 0.05) is 12.1 Å². The highest BCUT2D eigenvalue weighted by Gasteiger charge is 2.33. The Morgan fingerprint density at radius 2 is 1.81 bits per heavy atom. The van der Waals surface area contributed by atoms with Gasteiger partial charge in [0.25, 0.3) is 5.56 Å². The fourth-order valence-electron chi connectivity index (χ4n) is 4.05. The summed E-state index contributed by atoms with van der Waals surface area (Å²) in [6.45, 7) is 3.73. The third kappa shape index (κ3) is 3.79. The first-order chi connectivity index (χ1) is 14.9. The molecular weight excluding hydrogens is 397 g/mol. The molecule has 7 heteroatoms. The van der Waals surface area contributed by atoms with Gasteiger partial charge in [0.2, 0.25) is 0 Å². The Morgan fingerprint density at radius 3 is 2.48 bits per heavy atom. The van der Waals surface area contributed by atoms with Crippen molar-refractivity contribution in [3.63, 3.8) is 0 Å². The van der Waals surface area contributed by atoms with Crippen LogP contribution < -0.4 is 20.0 Å². The third-order valence-corrected chi connectivity index (χ3v) is 5.46. The van der Waals surface area contributed by atoms with Crippen molar-refractivity contribution in [2.45, 2.75) is 26.3 Å². The highest BCUT2D eigenvalue weighted by atomic mass is 19.1. The van der Waals surface area contributed by atoms with E-state index in [0.717, 1.165) is 16.8 Å². The van der Waals surface area contributed by atoms with Crippen molar-refractivity contribution in [2.75, 3.05) is 19.2 Å². The van der Waals surface area contributed by atoms with E-state index in [1.165, 1.54) is 6.07 Å². The van der Waals surface area contributed by atoms with Crippen molar-refractivity contribution in [2.24, 2.45) is 5.10 Å². The highest BCUT2D eigenvalue weighted by Crippen LogP contribution is 2.40. The number of halogens is 1. The number of aromatic amines is 1. The van der Waals surface area contributed by atoms with E-state index < -0.39 is 0 Å². The van der Waals surface area contributed by atoms with E-state index in [2.05, 4.69) is 4.98 Å². The summed E-state index contributed by atoms with van der Waals surface area (Å²) in [5.41, 5.74) is 3.78. The number of methoxy groups -OCH3 is 2. The molecule has 1 aromatic heterocycles. The number of hydrogen-bond donors (Lipinski definition) is 1. The smallest absolute Gasteiger partial charge is 0.257 e. The second-order valence-corrected chi connectivity index (χ2v) is 7.52. The Morgan fingerprint density at radius 1 is 1.06 bits per heavy atom. The first-order valence-electron chi connectivity index (χ1n) is 9.97. The molecule has 31 heavy (non-hydrogen) atoms. The molecule has 2 heterocycles. The van der Waals surface area contributed by atoms with Gasteiger partial charge in [-0.3, -0.25) is 9.80 Å². The normalized spacial score (nSPS) is 15.7. The summed E-state index contributed by atoms with van der Waals surface area (Å²) in [6, 6.07) is 13.7. The van der Waals surface area contributed by atoms with Crippen molar-refractivity contribution in [1.82, 2.24) is 4.98 Å². The Kier molecular flexibility index (Phi) is 5.50. The number of para-hydroxylation sites is 1. The zero-order chi connectivity index (χ0) is 22.1. The Bertz CT molecular complexity index is 1220. The molecule has 1 unspecified atom stereocenters. The average molecular weight is 421 g/mol. The number of aromatic nitrogens is 1. The lowest BCUT2D eigenvalue weighted by Crippen LogP contribution is -2.20. The summed E-state index contributed by atoms with van der Waals surface area (Å²) in [5.74, 6) is 0.799. The number of anilines is 1. The lowest BCUT2D eigenvalue weighted by atomic mass is 9.96. The van der Waals surface area contributed by atoms with Crippen molar-refractivity contribution in [3.05, 3.63) is 87.1 Å². The molecule has 0 radical (unpaired) electrons. The van der Waals surface area contributed by atoms with E-state index in [4.69, 9.17) is 14.6 Å². The van der Waals surface area contributed by atoms with Crippen LogP contribution in [0.1, 0.15) is 34.8 Å². The average Bonchev–Trinajstić information content (AvgIpc) is 3.17. The van der Waals surface area contributed by atoms with Gasteiger partial charge in [-0.1, -0.05) is 18.2 Å². The lowest BCUT2D eigenvalue weighted by Gasteiger charge is -2.25. The summed E-state index contributed by atoms with van der Waals surface area (Å²) >= 11 is 0. The van der Waals surface area contributed by atoms with E-state index in [1.54, 1.807) is 37.4 Å². The van der Waals surface area contributed by atoms with Crippen LogP contribution in [0.2, 0.25) is 0 Å². The number of nitrogens with zero attached hydrogens (tertiary/aromatic N) is 2. The molecule has 6 nitrogen and oxygen atoms in total. The fourth-order valence-corrected chi connectivity index (χ4v) is 4.05. The van der Waals surface area contributed by atoms with Crippen LogP contribution in [0.25, 0.3) is 0 Å². The molecule has 0 bridgehead atoms. The van der Waals surface area contributed by atoms with Crippen LogP contribution in [-0.4, -0.2) is 24.9 Å². The Labute approximate surface area is 179 Å². The maximum Gasteiger partial charge on any atom is 0.257 e. The van der Waals surface area contributed by atoms with Crippen LogP contribution in [-0.2, 0) is 0 Å². The predicted molar refractivity (Wildman–Crippen MR) is 119 cm³/mol. The molecular formula is C24H24FN3O3. The van der Waals surface area contributed by atoms with Crippen molar-refractivity contribution in [1.29, 1.82) is 0 Å². The van der Waals surface area contributed by atoms with E-state index >= 15 is 0 Å². The number of pyridine rings is 1. The van der Waals surface area contributed by atoms with Gasteiger partial charge < -0.3 is 14.5 Å². The molecule has 1 aliphatic heterocycles. The second-order valence-electron chi connectivity index (χ2n) is 7.52. The number of ether oxygens (including phenoxy) is 2. The van der Waals surface area contributed by atoms with Gasteiger partial charge in [-0.25, -0.2) is 4.39 Å². The monoisotopic (exact) mass is 421 g/mol. The molecule has 0 saturated heterocycles. The SMILES string of the molecule is COc1ccc(C2CC(c3c(C)cc(C)[nH]c3=O)=NN2c2ccccc2F)cc1OC. The molecule has 3 aromatic rings. The number of hydrogen-bond acceptors (Lipinski definition) is 5. The highest BCUT2D eigenvalue weighted by molar-refractivity contribution is 6.04. The number of aryl methyl sites for hydroxylation is 2. The second kappa shape index (κ2) is 8.26.